The van der Waals surface area contributed by atoms with Crippen molar-refractivity contribution in [3.8, 4) is 17.2 Å². The summed E-state index contributed by atoms with van der Waals surface area (Å²) in [4.78, 5) is 0. The van der Waals surface area contributed by atoms with Crippen LogP contribution in [0.2, 0.25) is 0 Å². The summed E-state index contributed by atoms with van der Waals surface area (Å²) < 4.78 is 27.1. The molecule has 0 radical (unpaired) electrons. The van der Waals surface area contributed by atoms with Gasteiger partial charge in [0, 0.05) is 26.2 Å². The van der Waals surface area contributed by atoms with E-state index in [0.29, 0.717) is 13.2 Å². The highest BCUT2D eigenvalue weighted by atomic mass is 16.5. The summed E-state index contributed by atoms with van der Waals surface area (Å²) in [5, 5.41) is 0. The second kappa shape index (κ2) is 25.7. The van der Waals surface area contributed by atoms with Gasteiger partial charge in [-0.15, -0.1) is 0 Å². The average molecular weight is 581 g/mol. The number of hydrogen-bond donors (Lipinski definition) is 0. The molecule has 0 spiro atoms. The number of aryl methyl sites for hydroxylation is 3. The Hall–Kier alpha value is -3.02. The van der Waals surface area contributed by atoms with Gasteiger partial charge in [-0.3, -0.25) is 0 Å². The van der Waals surface area contributed by atoms with Crippen LogP contribution in [0.4, 0.5) is 0 Å². The predicted octanol–water partition coefficient (Wildman–Crippen LogP) is 9.15. The molecule has 0 saturated carbocycles. The smallest absolute Gasteiger partial charge is 0.119 e. The molecule has 5 heteroatoms. The van der Waals surface area contributed by atoms with Crippen molar-refractivity contribution in [3.63, 3.8) is 0 Å². The third kappa shape index (κ3) is 18.4. The van der Waals surface area contributed by atoms with Crippen LogP contribution in [0.15, 0.2) is 72.8 Å². The summed E-state index contributed by atoms with van der Waals surface area (Å²) in [6.07, 6.45) is 6.33. The number of rotatable bonds is 18. The van der Waals surface area contributed by atoms with Crippen LogP contribution in [0, 0.1) is 0 Å². The van der Waals surface area contributed by atoms with Gasteiger partial charge in [0.1, 0.15) is 23.9 Å². The number of ether oxygens (including phenoxy) is 5. The Morgan fingerprint density at radius 2 is 0.762 bits per heavy atom. The minimum Gasteiger partial charge on any atom is -0.494 e. The molecule has 0 aliphatic heterocycles. The molecule has 0 aromatic heterocycles. The Labute approximate surface area is 256 Å². The molecule has 0 fully saturated rings. The summed E-state index contributed by atoms with van der Waals surface area (Å²) in [5.41, 5.74) is 4.04. The van der Waals surface area contributed by atoms with E-state index in [0.717, 1.165) is 88.8 Å². The van der Waals surface area contributed by atoms with Gasteiger partial charge in [-0.2, -0.15) is 0 Å². The molecule has 3 aromatic carbocycles. The highest BCUT2D eigenvalue weighted by Crippen LogP contribution is 2.14. The maximum absolute atomic E-state index is 5.61. The largest absolute Gasteiger partial charge is 0.494 e. The standard InChI is InChI=1S/C14H22O2.C13H20O2.C10H14O/c1-3-10-15-11-5-12-16-14-8-6-13(4-2)7-9-14;1-3-9-14-10-11-15-13-7-5-12(4-2)6-8-13;1-3-9-5-7-10(8-6-9)11-4-2/h6-9H,3-5,10-12H2,1-2H3;5-8H,3-4,9-11H2,1-2H3;5-8H,3-4H2,1-2H3. The van der Waals surface area contributed by atoms with Gasteiger partial charge in [0.15, 0.2) is 0 Å². The fourth-order valence-electron chi connectivity index (χ4n) is 3.69. The lowest BCUT2D eigenvalue weighted by Crippen LogP contribution is -2.06. The highest BCUT2D eigenvalue weighted by molar-refractivity contribution is 5.28. The van der Waals surface area contributed by atoms with Crippen LogP contribution in [0.3, 0.4) is 0 Å². The van der Waals surface area contributed by atoms with Crippen molar-refractivity contribution in [2.75, 3.05) is 46.2 Å². The Morgan fingerprint density at radius 3 is 1.14 bits per heavy atom. The van der Waals surface area contributed by atoms with E-state index in [1.807, 2.05) is 43.3 Å². The monoisotopic (exact) mass is 580 g/mol. The average Bonchev–Trinajstić information content (AvgIpc) is 3.04. The van der Waals surface area contributed by atoms with Crippen molar-refractivity contribution in [2.45, 2.75) is 80.1 Å². The Kier molecular flexibility index (Phi) is 22.6. The van der Waals surface area contributed by atoms with E-state index in [1.54, 1.807) is 0 Å². The molecule has 234 valence electrons. The molecule has 0 saturated heterocycles. The zero-order valence-corrected chi connectivity index (χ0v) is 27.2. The molecule has 0 atom stereocenters. The molecule has 0 heterocycles. The number of benzene rings is 3. The molecule has 3 rings (SSSR count). The normalized spacial score (nSPS) is 10.1. The molecule has 0 amide bonds. The molecule has 0 bridgehead atoms. The van der Waals surface area contributed by atoms with Crippen molar-refractivity contribution >= 4 is 0 Å². The van der Waals surface area contributed by atoms with Gasteiger partial charge >= 0.3 is 0 Å². The summed E-state index contributed by atoms with van der Waals surface area (Å²) in [6.45, 7) is 17.9. The van der Waals surface area contributed by atoms with Crippen molar-refractivity contribution < 1.29 is 23.7 Å². The van der Waals surface area contributed by atoms with Crippen LogP contribution in [-0.4, -0.2) is 46.2 Å². The molecule has 3 aromatic rings. The van der Waals surface area contributed by atoms with E-state index in [4.69, 9.17) is 23.7 Å². The lowest BCUT2D eigenvalue weighted by Gasteiger charge is -2.07. The van der Waals surface area contributed by atoms with Crippen molar-refractivity contribution in [3.05, 3.63) is 89.5 Å². The maximum Gasteiger partial charge on any atom is 0.119 e. The van der Waals surface area contributed by atoms with Crippen LogP contribution in [-0.2, 0) is 28.7 Å². The molecular formula is C37H56O5. The fraction of sp³-hybridized carbons (Fsp3) is 0.514. The SMILES string of the molecule is CCCOCCCOc1ccc(CC)cc1.CCCOCCOc1ccc(CC)cc1.CCOc1ccc(CC)cc1. The molecule has 0 aliphatic carbocycles. The highest BCUT2D eigenvalue weighted by Gasteiger charge is 1.96. The number of hydrogen-bond acceptors (Lipinski definition) is 5. The van der Waals surface area contributed by atoms with Crippen LogP contribution >= 0.6 is 0 Å². The van der Waals surface area contributed by atoms with Gasteiger partial charge in [-0.1, -0.05) is 71.0 Å². The Balaban J connectivity index is 0.000000320. The molecular weight excluding hydrogens is 524 g/mol. The molecule has 0 aliphatic rings. The molecule has 0 unspecified atom stereocenters. The first kappa shape index (κ1) is 37.0. The molecule has 0 N–H and O–H groups in total. The lowest BCUT2D eigenvalue weighted by molar-refractivity contribution is 0.101. The molecule has 42 heavy (non-hydrogen) atoms. The zero-order valence-electron chi connectivity index (χ0n) is 27.2. The van der Waals surface area contributed by atoms with Crippen molar-refractivity contribution in [1.82, 2.24) is 0 Å². The van der Waals surface area contributed by atoms with E-state index in [2.05, 4.69) is 71.0 Å². The van der Waals surface area contributed by atoms with Crippen LogP contribution in [0.25, 0.3) is 0 Å². The van der Waals surface area contributed by atoms with Gasteiger partial charge in [-0.05, 0) is 92.1 Å². The maximum atomic E-state index is 5.61. The first-order valence-corrected chi connectivity index (χ1v) is 15.9. The molecule has 5 nitrogen and oxygen atoms in total. The van der Waals surface area contributed by atoms with E-state index in [-0.39, 0.29) is 0 Å². The van der Waals surface area contributed by atoms with Gasteiger partial charge in [0.05, 0.1) is 19.8 Å². The summed E-state index contributed by atoms with van der Waals surface area (Å²) in [5.74, 6) is 2.84. The minimum atomic E-state index is 0.630. The van der Waals surface area contributed by atoms with Crippen molar-refractivity contribution in [2.24, 2.45) is 0 Å². The zero-order chi connectivity index (χ0) is 30.7. The van der Waals surface area contributed by atoms with E-state index in [1.165, 1.54) is 16.7 Å². The lowest BCUT2D eigenvalue weighted by atomic mass is 10.2. The Morgan fingerprint density at radius 1 is 0.381 bits per heavy atom. The van der Waals surface area contributed by atoms with E-state index in [9.17, 15) is 0 Å². The van der Waals surface area contributed by atoms with Gasteiger partial charge in [0.2, 0.25) is 0 Å². The predicted molar refractivity (Wildman–Crippen MR) is 176 cm³/mol. The third-order valence-electron chi connectivity index (χ3n) is 6.20. The van der Waals surface area contributed by atoms with Gasteiger partial charge in [0.25, 0.3) is 0 Å². The third-order valence-corrected chi connectivity index (χ3v) is 6.20. The van der Waals surface area contributed by atoms with Crippen molar-refractivity contribution in [1.29, 1.82) is 0 Å². The van der Waals surface area contributed by atoms with E-state index < -0.39 is 0 Å². The second-order valence-electron chi connectivity index (χ2n) is 9.70. The summed E-state index contributed by atoms with van der Waals surface area (Å²) >= 11 is 0. The summed E-state index contributed by atoms with van der Waals surface area (Å²) in [6, 6.07) is 24.8. The topological polar surface area (TPSA) is 46.2 Å². The minimum absolute atomic E-state index is 0.630. The van der Waals surface area contributed by atoms with E-state index >= 15 is 0 Å². The van der Waals surface area contributed by atoms with Crippen LogP contribution < -0.4 is 14.2 Å². The second-order valence-corrected chi connectivity index (χ2v) is 9.70. The van der Waals surface area contributed by atoms with Crippen LogP contribution in [0.1, 0.15) is 77.5 Å². The Bertz CT molecular complexity index is 984. The van der Waals surface area contributed by atoms with Gasteiger partial charge in [-0.25, -0.2) is 0 Å². The quantitative estimate of drug-likeness (QED) is 0.140. The first-order valence-electron chi connectivity index (χ1n) is 15.9. The fourth-order valence-corrected chi connectivity index (χ4v) is 3.69. The summed E-state index contributed by atoms with van der Waals surface area (Å²) in [7, 11) is 0. The van der Waals surface area contributed by atoms with Gasteiger partial charge < -0.3 is 23.7 Å². The van der Waals surface area contributed by atoms with Crippen LogP contribution in [0.5, 0.6) is 17.2 Å². The first-order chi connectivity index (χ1) is 20.6.